The summed E-state index contributed by atoms with van der Waals surface area (Å²) in [6.45, 7) is 2.39. The molecular formula is C17H18ClNO2. The Morgan fingerprint density at radius 1 is 1.14 bits per heavy atom. The predicted octanol–water partition coefficient (Wildman–Crippen LogP) is 3.81. The number of amides is 1. The predicted molar refractivity (Wildman–Crippen MR) is 84.4 cm³/mol. The normalized spacial score (nSPS) is 11.7. The molecule has 0 fully saturated rings. The third-order valence-electron chi connectivity index (χ3n) is 3.08. The van der Waals surface area contributed by atoms with Crippen molar-refractivity contribution < 1.29 is 9.53 Å². The van der Waals surface area contributed by atoms with Crippen LogP contribution >= 0.6 is 11.6 Å². The summed E-state index contributed by atoms with van der Waals surface area (Å²) < 4.78 is 5.70. The first-order chi connectivity index (χ1) is 10.2. The Morgan fingerprint density at radius 3 is 2.48 bits per heavy atom. The van der Waals surface area contributed by atoms with Crippen molar-refractivity contribution in [3.05, 3.63) is 65.2 Å². The molecule has 0 saturated heterocycles. The van der Waals surface area contributed by atoms with Gasteiger partial charge < -0.3 is 10.1 Å². The van der Waals surface area contributed by atoms with Crippen molar-refractivity contribution in [3.63, 3.8) is 0 Å². The minimum Gasteiger partial charge on any atom is -0.479 e. The first-order valence-corrected chi connectivity index (χ1v) is 7.31. The topological polar surface area (TPSA) is 38.3 Å². The highest BCUT2D eigenvalue weighted by atomic mass is 35.5. The van der Waals surface area contributed by atoms with Gasteiger partial charge in [-0.25, -0.2) is 0 Å². The summed E-state index contributed by atoms with van der Waals surface area (Å²) in [6.07, 6.45) is 0.0277. The van der Waals surface area contributed by atoms with E-state index in [-0.39, 0.29) is 5.91 Å². The van der Waals surface area contributed by atoms with Gasteiger partial charge in [-0.15, -0.1) is 0 Å². The molecule has 0 bridgehead atoms. The van der Waals surface area contributed by atoms with Crippen molar-refractivity contribution in [1.82, 2.24) is 5.32 Å². The van der Waals surface area contributed by atoms with Crippen LogP contribution in [0, 0.1) is 0 Å². The van der Waals surface area contributed by atoms with E-state index in [2.05, 4.69) is 5.32 Å². The highest BCUT2D eigenvalue weighted by Gasteiger charge is 2.18. The number of carbonyl (C=O) groups excluding carboxylic acids is 1. The fraction of sp³-hybridized carbons (Fsp3) is 0.235. The maximum absolute atomic E-state index is 12.2. The van der Waals surface area contributed by atoms with Crippen LogP contribution in [0.1, 0.15) is 18.9 Å². The highest BCUT2D eigenvalue weighted by Crippen LogP contribution is 2.24. The van der Waals surface area contributed by atoms with Gasteiger partial charge in [0.15, 0.2) is 6.10 Å². The number of hydrogen-bond acceptors (Lipinski definition) is 2. The number of ether oxygens (including phenoxy) is 1. The van der Waals surface area contributed by atoms with Crippen LogP contribution in [0.5, 0.6) is 5.75 Å². The second-order valence-electron chi connectivity index (χ2n) is 4.65. The van der Waals surface area contributed by atoms with E-state index in [9.17, 15) is 4.79 Å². The summed E-state index contributed by atoms with van der Waals surface area (Å²) in [7, 11) is 0. The second kappa shape index (κ2) is 7.70. The minimum atomic E-state index is -0.548. The molecule has 0 unspecified atom stereocenters. The van der Waals surface area contributed by atoms with Crippen LogP contribution in [0.2, 0.25) is 5.02 Å². The molecule has 4 heteroatoms. The molecule has 0 spiro atoms. The largest absolute Gasteiger partial charge is 0.479 e. The van der Waals surface area contributed by atoms with Crippen LogP contribution in [0.3, 0.4) is 0 Å². The number of hydrogen-bond donors (Lipinski definition) is 1. The minimum absolute atomic E-state index is 0.138. The average Bonchev–Trinajstić information content (AvgIpc) is 2.53. The molecular weight excluding hydrogens is 286 g/mol. The summed E-state index contributed by atoms with van der Waals surface area (Å²) in [6, 6.07) is 16.9. The van der Waals surface area contributed by atoms with Crippen LogP contribution in [0.25, 0.3) is 0 Å². The Labute approximate surface area is 129 Å². The standard InChI is InChI=1S/C17H18ClNO2/c1-2-15(21-16-11-7-6-10-14(16)18)17(20)19-12-13-8-4-3-5-9-13/h3-11,15H,2,12H2,1H3,(H,19,20)/t15-/m0/s1. The van der Waals surface area contributed by atoms with Gasteiger partial charge in [-0.05, 0) is 24.1 Å². The highest BCUT2D eigenvalue weighted by molar-refractivity contribution is 6.32. The van der Waals surface area contributed by atoms with Gasteiger partial charge in [-0.3, -0.25) is 4.79 Å². The van der Waals surface area contributed by atoms with Crippen LogP contribution in [0.15, 0.2) is 54.6 Å². The Balaban J connectivity index is 1.94. The van der Waals surface area contributed by atoms with Gasteiger partial charge in [0, 0.05) is 6.54 Å². The van der Waals surface area contributed by atoms with Crippen LogP contribution < -0.4 is 10.1 Å². The van der Waals surface area contributed by atoms with E-state index < -0.39 is 6.10 Å². The molecule has 0 aliphatic heterocycles. The number of rotatable bonds is 6. The van der Waals surface area contributed by atoms with E-state index in [1.807, 2.05) is 49.4 Å². The zero-order chi connectivity index (χ0) is 15.1. The lowest BCUT2D eigenvalue weighted by Gasteiger charge is -2.18. The monoisotopic (exact) mass is 303 g/mol. The molecule has 2 rings (SSSR count). The maximum Gasteiger partial charge on any atom is 0.261 e. The Bertz CT molecular complexity index is 586. The molecule has 0 aromatic heterocycles. The number of halogens is 1. The maximum atomic E-state index is 12.2. The lowest BCUT2D eigenvalue weighted by molar-refractivity contribution is -0.128. The molecule has 0 saturated carbocycles. The van der Waals surface area contributed by atoms with Gasteiger partial charge in [-0.2, -0.15) is 0 Å². The summed E-state index contributed by atoms with van der Waals surface area (Å²) in [5, 5.41) is 3.39. The Hall–Kier alpha value is -2.00. The lowest BCUT2D eigenvalue weighted by Crippen LogP contribution is -2.37. The fourth-order valence-electron chi connectivity index (χ4n) is 1.91. The van der Waals surface area contributed by atoms with Crippen molar-refractivity contribution in [2.45, 2.75) is 26.0 Å². The molecule has 1 N–H and O–H groups in total. The van der Waals surface area contributed by atoms with Gasteiger partial charge in [0.2, 0.25) is 0 Å². The molecule has 0 radical (unpaired) electrons. The average molecular weight is 304 g/mol. The number of nitrogens with one attached hydrogen (secondary N) is 1. The summed E-state index contributed by atoms with van der Waals surface area (Å²) >= 11 is 6.05. The van der Waals surface area contributed by atoms with Gasteiger partial charge in [0.1, 0.15) is 5.75 Å². The first-order valence-electron chi connectivity index (χ1n) is 6.93. The van der Waals surface area contributed by atoms with Gasteiger partial charge in [-0.1, -0.05) is 61.0 Å². The van der Waals surface area contributed by atoms with Crippen molar-refractivity contribution in [3.8, 4) is 5.75 Å². The zero-order valence-electron chi connectivity index (χ0n) is 11.9. The molecule has 1 atom stereocenters. The molecule has 2 aromatic carbocycles. The van der Waals surface area contributed by atoms with Gasteiger partial charge >= 0.3 is 0 Å². The lowest BCUT2D eigenvalue weighted by atomic mass is 10.2. The van der Waals surface area contributed by atoms with Crippen molar-refractivity contribution in [2.75, 3.05) is 0 Å². The molecule has 0 heterocycles. The van der Waals surface area contributed by atoms with Gasteiger partial charge in [0.05, 0.1) is 5.02 Å². The van der Waals surface area contributed by atoms with Gasteiger partial charge in [0.25, 0.3) is 5.91 Å². The summed E-state index contributed by atoms with van der Waals surface area (Å²) in [5.41, 5.74) is 1.05. The summed E-state index contributed by atoms with van der Waals surface area (Å²) in [5.74, 6) is 0.391. The fourth-order valence-corrected chi connectivity index (χ4v) is 2.09. The second-order valence-corrected chi connectivity index (χ2v) is 5.06. The number of para-hydroxylation sites is 1. The SMILES string of the molecule is CC[C@H](Oc1ccccc1Cl)C(=O)NCc1ccccc1. The molecule has 0 aliphatic carbocycles. The van der Waals surface area contributed by atoms with E-state index in [0.29, 0.717) is 23.7 Å². The third-order valence-corrected chi connectivity index (χ3v) is 3.39. The van der Waals surface area contributed by atoms with E-state index in [0.717, 1.165) is 5.56 Å². The molecule has 0 aliphatic rings. The quantitative estimate of drug-likeness (QED) is 0.881. The smallest absolute Gasteiger partial charge is 0.261 e. The number of benzene rings is 2. The van der Waals surface area contributed by atoms with Crippen LogP contribution in [0.4, 0.5) is 0 Å². The third kappa shape index (κ3) is 4.50. The first kappa shape index (κ1) is 15.4. The Kier molecular flexibility index (Phi) is 5.64. The number of carbonyl (C=O) groups is 1. The van der Waals surface area contributed by atoms with Crippen LogP contribution in [-0.2, 0) is 11.3 Å². The van der Waals surface area contributed by atoms with E-state index >= 15 is 0 Å². The molecule has 110 valence electrons. The van der Waals surface area contributed by atoms with Crippen molar-refractivity contribution in [2.24, 2.45) is 0 Å². The van der Waals surface area contributed by atoms with Crippen molar-refractivity contribution in [1.29, 1.82) is 0 Å². The molecule has 2 aromatic rings. The molecule has 1 amide bonds. The Morgan fingerprint density at radius 2 is 1.81 bits per heavy atom. The summed E-state index contributed by atoms with van der Waals surface area (Å²) in [4.78, 5) is 12.2. The van der Waals surface area contributed by atoms with Crippen LogP contribution in [-0.4, -0.2) is 12.0 Å². The van der Waals surface area contributed by atoms with Crippen molar-refractivity contribution >= 4 is 17.5 Å². The van der Waals surface area contributed by atoms with E-state index in [4.69, 9.17) is 16.3 Å². The zero-order valence-corrected chi connectivity index (χ0v) is 12.6. The van der Waals surface area contributed by atoms with E-state index in [1.165, 1.54) is 0 Å². The van der Waals surface area contributed by atoms with E-state index in [1.54, 1.807) is 12.1 Å². The molecule has 21 heavy (non-hydrogen) atoms. The molecule has 3 nitrogen and oxygen atoms in total.